The van der Waals surface area contributed by atoms with Crippen LogP contribution in [0.3, 0.4) is 0 Å². The van der Waals surface area contributed by atoms with Gasteiger partial charge in [-0.2, -0.15) is 0 Å². The van der Waals surface area contributed by atoms with Gasteiger partial charge >= 0.3 is 0 Å². The van der Waals surface area contributed by atoms with E-state index in [0.717, 1.165) is 11.1 Å². The maximum atomic E-state index is 13.6. The highest BCUT2D eigenvalue weighted by molar-refractivity contribution is 6.51. The van der Waals surface area contributed by atoms with Crippen LogP contribution in [0.4, 0.5) is 10.1 Å². The molecule has 0 aliphatic carbocycles. The van der Waals surface area contributed by atoms with Gasteiger partial charge in [-0.15, -0.1) is 0 Å². The van der Waals surface area contributed by atoms with Crippen molar-refractivity contribution in [2.24, 2.45) is 0 Å². The molecule has 5 nitrogen and oxygen atoms in total. The molecule has 1 fully saturated rings. The van der Waals surface area contributed by atoms with Gasteiger partial charge in [0.05, 0.1) is 18.7 Å². The molecule has 1 aliphatic heterocycles. The topological polar surface area (TPSA) is 66.8 Å². The molecule has 1 heterocycles. The van der Waals surface area contributed by atoms with E-state index >= 15 is 0 Å². The first-order valence-corrected chi connectivity index (χ1v) is 10.1. The number of amides is 1. The highest BCUT2D eigenvalue weighted by Gasteiger charge is 2.47. The van der Waals surface area contributed by atoms with Crippen LogP contribution < -0.4 is 9.64 Å². The van der Waals surface area contributed by atoms with Gasteiger partial charge < -0.3 is 9.84 Å². The van der Waals surface area contributed by atoms with Crippen molar-refractivity contribution in [2.75, 3.05) is 12.0 Å². The fourth-order valence-corrected chi connectivity index (χ4v) is 3.96. The number of hydrogen-bond donors (Lipinski definition) is 1. The third kappa shape index (κ3) is 3.64. The Kier molecular flexibility index (Phi) is 5.53. The van der Waals surface area contributed by atoms with Crippen molar-refractivity contribution < 1.29 is 23.8 Å². The third-order valence-electron chi connectivity index (χ3n) is 5.61. The number of halogens is 1. The van der Waals surface area contributed by atoms with Gasteiger partial charge in [0.2, 0.25) is 0 Å². The van der Waals surface area contributed by atoms with E-state index in [4.69, 9.17) is 4.74 Å². The number of Topliss-reactive ketones (excluding diaryl/α,β-unsaturated/α-hetero) is 1. The standard InChI is InChI=1S/C26H22FNO4/c1-15-7-8-16(2)21(13-15)24(29)22-23(17-9-11-18(27)12-10-17)28(26(31)25(22)30)19-5-4-6-20(14-19)32-3/h4-14,23,29H,1-3H3/b24-22+. The maximum absolute atomic E-state index is 13.6. The van der Waals surface area contributed by atoms with E-state index in [-0.39, 0.29) is 11.3 Å². The van der Waals surface area contributed by atoms with Crippen LogP contribution in [0.15, 0.2) is 72.3 Å². The monoisotopic (exact) mass is 431 g/mol. The fraction of sp³-hybridized carbons (Fsp3) is 0.154. The lowest BCUT2D eigenvalue weighted by molar-refractivity contribution is -0.132. The van der Waals surface area contributed by atoms with Crippen LogP contribution >= 0.6 is 0 Å². The SMILES string of the molecule is COc1cccc(N2C(=O)C(=O)/C(=C(/O)c3cc(C)ccc3C)C2c2ccc(F)cc2)c1. The normalized spacial score (nSPS) is 17.6. The van der Waals surface area contributed by atoms with Crippen LogP contribution in [0, 0.1) is 19.7 Å². The smallest absolute Gasteiger partial charge is 0.300 e. The van der Waals surface area contributed by atoms with Gasteiger partial charge in [-0.1, -0.05) is 35.9 Å². The number of aryl methyl sites for hydroxylation is 2. The van der Waals surface area contributed by atoms with Crippen LogP contribution in [-0.2, 0) is 9.59 Å². The molecule has 0 saturated carbocycles. The molecule has 0 aromatic heterocycles. The Bertz CT molecular complexity index is 1250. The first kappa shape index (κ1) is 21.3. The largest absolute Gasteiger partial charge is 0.507 e. The van der Waals surface area contributed by atoms with Crippen molar-refractivity contribution in [1.29, 1.82) is 0 Å². The zero-order valence-electron chi connectivity index (χ0n) is 17.9. The lowest BCUT2D eigenvalue weighted by atomic mass is 9.93. The quantitative estimate of drug-likeness (QED) is 0.356. The first-order chi connectivity index (χ1) is 15.3. The number of aliphatic hydroxyl groups excluding tert-OH is 1. The fourth-order valence-electron chi connectivity index (χ4n) is 3.96. The number of aliphatic hydroxyl groups is 1. The highest BCUT2D eigenvalue weighted by Crippen LogP contribution is 2.43. The third-order valence-corrected chi connectivity index (χ3v) is 5.61. The summed E-state index contributed by atoms with van der Waals surface area (Å²) >= 11 is 0. The van der Waals surface area contributed by atoms with E-state index in [9.17, 15) is 19.1 Å². The van der Waals surface area contributed by atoms with Gasteiger partial charge in [-0.3, -0.25) is 14.5 Å². The number of ether oxygens (including phenoxy) is 1. The molecule has 3 aromatic rings. The summed E-state index contributed by atoms with van der Waals surface area (Å²) in [5, 5.41) is 11.2. The van der Waals surface area contributed by atoms with Crippen molar-refractivity contribution in [2.45, 2.75) is 19.9 Å². The first-order valence-electron chi connectivity index (χ1n) is 10.1. The Morgan fingerprint density at radius 1 is 1.00 bits per heavy atom. The van der Waals surface area contributed by atoms with Crippen LogP contribution in [0.5, 0.6) is 5.75 Å². The summed E-state index contributed by atoms with van der Waals surface area (Å²) in [6, 6.07) is 16.9. The average molecular weight is 431 g/mol. The van der Waals surface area contributed by atoms with E-state index in [1.165, 1.54) is 36.3 Å². The minimum atomic E-state index is -0.928. The van der Waals surface area contributed by atoms with E-state index in [1.807, 2.05) is 26.0 Å². The average Bonchev–Trinajstić information content (AvgIpc) is 3.06. The van der Waals surface area contributed by atoms with Crippen molar-refractivity contribution in [1.82, 2.24) is 0 Å². The zero-order valence-corrected chi connectivity index (χ0v) is 17.9. The minimum absolute atomic E-state index is 0.0434. The van der Waals surface area contributed by atoms with Gasteiger partial charge in [0.25, 0.3) is 11.7 Å². The second-order valence-electron chi connectivity index (χ2n) is 7.74. The van der Waals surface area contributed by atoms with Crippen molar-refractivity contribution in [3.63, 3.8) is 0 Å². The summed E-state index contributed by atoms with van der Waals surface area (Å²) in [5.74, 6) is -1.78. The molecule has 1 unspecified atom stereocenters. The van der Waals surface area contributed by atoms with Crippen LogP contribution in [0.2, 0.25) is 0 Å². The number of anilines is 1. The lowest BCUT2D eigenvalue weighted by Crippen LogP contribution is -2.29. The summed E-state index contributed by atoms with van der Waals surface area (Å²) in [7, 11) is 1.51. The molecule has 1 aliphatic rings. The Balaban J connectivity index is 1.98. The molecule has 1 N–H and O–H groups in total. The van der Waals surface area contributed by atoms with E-state index in [1.54, 1.807) is 30.3 Å². The van der Waals surface area contributed by atoms with Crippen LogP contribution in [0.1, 0.15) is 28.3 Å². The molecule has 1 atom stereocenters. The van der Waals surface area contributed by atoms with Crippen LogP contribution in [0.25, 0.3) is 5.76 Å². The van der Waals surface area contributed by atoms with Crippen molar-refractivity contribution in [3.8, 4) is 5.75 Å². The molecule has 32 heavy (non-hydrogen) atoms. The second-order valence-corrected chi connectivity index (χ2v) is 7.74. The molecular formula is C26H22FNO4. The predicted molar refractivity (Wildman–Crippen MR) is 120 cm³/mol. The molecule has 0 radical (unpaired) electrons. The summed E-state index contributed by atoms with van der Waals surface area (Å²) in [6.45, 7) is 3.70. The molecule has 1 amide bonds. The van der Waals surface area contributed by atoms with E-state index in [2.05, 4.69) is 0 Å². The number of methoxy groups -OCH3 is 1. The predicted octanol–water partition coefficient (Wildman–Crippen LogP) is 5.08. The molecule has 6 heteroatoms. The van der Waals surface area contributed by atoms with Crippen molar-refractivity contribution >= 4 is 23.1 Å². The number of ketones is 1. The Hall–Kier alpha value is -3.93. The van der Waals surface area contributed by atoms with E-state index in [0.29, 0.717) is 22.6 Å². The highest BCUT2D eigenvalue weighted by atomic mass is 19.1. The minimum Gasteiger partial charge on any atom is -0.507 e. The Morgan fingerprint density at radius 2 is 1.72 bits per heavy atom. The molecule has 0 bridgehead atoms. The lowest BCUT2D eigenvalue weighted by Gasteiger charge is -2.26. The van der Waals surface area contributed by atoms with Gasteiger partial charge in [0.1, 0.15) is 17.3 Å². The maximum Gasteiger partial charge on any atom is 0.300 e. The van der Waals surface area contributed by atoms with Gasteiger partial charge in [-0.05, 0) is 55.3 Å². The molecule has 4 rings (SSSR count). The number of benzene rings is 3. The Labute approximate surface area is 185 Å². The number of hydrogen-bond acceptors (Lipinski definition) is 4. The molecular weight excluding hydrogens is 409 g/mol. The number of rotatable bonds is 4. The van der Waals surface area contributed by atoms with Crippen LogP contribution in [-0.4, -0.2) is 23.9 Å². The zero-order chi connectivity index (χ0) is 23.0. The molecule has 1 saturated heterocycles. The van der Waals surface area contributed by atoms with Gasteiger partial charge in [0.15, 0.2) is 0 Å². The molecule has 0 spiro atoms. The van der Waals surface area contributed by atoms with E-state index < -0.39 is 23.5 Å². The summed E-state index contributed by atoms with van der Waals surface area (Å²) < 4.78 is 18.9. The summed E-state index contributed by atoms with van der Waals surface area (Å²) in [4.78, 5) is 27.7. The number of carbonyl (C=O) groups excluding carboxylic acids is 2. The van der Waals surface area contributed by atoms with Gasteiger partial charge in [0, 0.05) is 17.3 Å². The van der Waals surface area contributed by atoms with Crippen molar-refractivity contribution in [3.05, 3.63) is 100 Å². The Morgan fingerprint density at radius 3 is 2.41 bits per heavy atom. The molecule has 162 valence electrons. The second kappa shape index (κ2) is 8.30. The van der Waals surface area contributed by atoms with Gasteiger partial charge in [-0.25, -0.2) is 4.39 Å². The summed E-state index contributed by atoms with van der Waals surface area (Å²) in [6.07, 6.45) is 0. The molecule has 3 aromatic carbocycles. The summed E-state index contributed by atoms with van der Waals surface area (Å²) in [5.41, 5.74) is 3.02. The number of nitrogens with zero attached hydrogens (tertiary/aromatic N) is 1. The number of carbonyl (C=O) groups is 2.